The average molecular weight is 427 g/mol. The molecule has 158 valence electrons. The number of aryl methyl sites for hydroxylation is 1. The van der Waals surface area contributed by atoms with Crippen LogP contribution in [0, 0.1) is 6.92 Å². The van der Waals surface area contributed by atoms with E-state index in [4.69, 9.17) is 4.98 Å². The lowest BCUT2D eigenvalue weighted by atomic mass is 10.1. The Balaban J connectivity index is 1.64. The van der Waals surface area contributed by atoms with Gasteiger partial charge in [-0.25, -0.2) is 23.1 Å². The van der Waals surface area contributed by atoms with Crippen LogP contribution in [0.5, 0.6) is 5.75 Å². The van der Waals surface area contributed by atoms with E-state index in [1.807, 2.05) is 38.1 Å². The molecule has 7 nitrogen and oxygen atoms in total. The van der Waals surface area contributed by atoms with Crippen molar-refractivity contribution in [3.8, 4) is 17.1 Å². The van der Waals surface area contributed by atoms with Crippen molar-refractivity contribution in [1.82, 2.24) is 14.7 Å². The number of aromatic nitrogens is 2. The molecular formula is C22H26N4O3S. The summed E-state index contributed by atoms with van der Waals surface area (Å²) in [5.41, 5.74) is 2.45. The molecule has 0 atom stereocenters. The molecule has 2 heterocycles. The van der Waals surface area contributed by atoms with E-state index in [1.165, 1.54) is 0 Å². The van der Waals surface area contributed by atoms with Crippen LogP contribution in [-0.4, -0.2) is 48.4 Å². The minimum absolute atomic E-state index is 0.126. The SMILES string of the molecule is CCCCS(=O)(=O)NC1CN(c2nc(-c3ccccc3O)nc3cc(C)ccc23)C1. The molecule has 0 radical (unpaired) electrons. The van der Waals surface area contributed by atoms with Gasteiger partial charge in [0.25, 0.3) is 0 Å². The predicted molar refractivity (Wildman–Crippen MR) is 119 cm³/mol. The zero-order valence-electron chi connectivity index (χ0n) is 17.2. The summed E-state index contributed by atoms with van der Waals surface area (Å²) in [5, 5.41) is 11.2. The lowest BCUT2D eigenvalue weighted by Gasteiger charge is -2.40. The van der Waals surface area contributed by atoms with Gasteiger partial charge in [-0.2, -0.15) is 0 Å². The van der Waals surface area contributed by atoms with E-state index in [0.29, 0.717) is 30.9 Å². The number of anilines is 1. The Hall–Kier alpha value is -2.71. The van der Waals surface area contributed by atoms with E-state index in [-0.39, 0.29) is 17.5 Å². The van der Waals surface area contributed by atoms with Crippen molar-refractivity contribution in [1.29, 1.82) is 0 Å². The van der Waals surface area contributed by atoms with Crippen LogP contribution in [0.4, 0.5) is 5.82 Å². The standard InChI is InChI=1S/C22H26N4O3S/c1-3-4-11-30(28,29)25-16-13-26(14-16)22-17-10-9-15(2)12-19(17)23-21(24-22)18-7-5-6-8-20(18)27/h5-10,12,16,25,27H,3-4,11,13-14H2,1-2H3. The van der Waals surface area contributed by atoms with Crippen molar-refractivity contribution in [3.05, 3.63) is 48.0 Å². The highest BCUT2D eigenvalue weighted by Gasteiger charge is 2.32. The van der Waals surface area contributed by atoms with Crippen LogP contribution < -0.4 is 9.62 Å². The van der Waals surface area contributed by atoms with Crippen LogP contribution in [0.15, 0.2) is 42.5 Å². The number of nitrogens with one attached hydrogen (secondary N) is 1. The Morgan fingerprint density at radius 1 is 1.17 bits per heavy atom. The molecule has 0 aliphatic carbocycles. The third-order valence-corrected chi connectivity index (χ3v) is 6.79. The van der Waals surface area contributed by atoms with Gasteiger partial charge in [-0.1, -0.05) is 31.5 Å². The molecule has 3 aromatic rings. The van der Waals surface area contributed by atoms with E-state index < -0.39 is 10.0 Å². The first kappa shape index (κ1) is 20.6. The maximum absolute atomic E-state index is 12.2. The second-order valence-corrected chi connectivity index (χ2v) is 9.67. The molecule has 1 aliphatic rings. The molecule has 8 heteroatoms. The second-order valence-electron chi connectivity index (χ2n) is 7.80. The summed E-state index contributed by atoms with van der Waals surface area (Å²) >= 11 is 0. The van der Waals surface area contributed by atoms with Crippen LogP contribution in [0.1, 0.15) is 25.3 Å². The number of hydrogen-bond acceptors (Lipinski definition) is 6. The number of nitrogens with zero attached hydrogens (tertiary/aromatic N) is 3. The van der Waals surface area contributed by atoms with E-state index in [2.05, 4.69) is 14.6 Å². The summed E-state index contributed by atoms with van der Waals surface area (Å²) in [6.45, 7) is 5.08. The van der Waals surface area contributed by atoms with Crippen LogP contribution in [0.25, 0.3) is 22.3 Å². The van der Waals surface area contributed by atoms with Crippen molar-refractivity contribution in [2.75, 3.05) is 23.7 Å². The van der Waals surface area contributed by atoms with Crippen LogP contribution in [0.2, 0.25) is 0 Å². The number of sulfonamides is 1. The molecule has 1 aliphatic heterocycles. The number of phenolic OH excluding ortho intramolecular Hbond substituents is 1. The Bertz CT molecular complexity index is 1170. The third kappa shape index (κ3) is 4.24. The van der Waals surface area contributed by atoms with E-state index >= 15 is 0 Å². The maximum atomic E-state index is 12.2. The normalized spacial score (nSPS) is 14.8. The fraction of sp³-hybridized carbons (Fsp3) is 0.364. The highest BCUT2D eigenvalue weighted by Crippen LogP contribution is 2.33. The van der Waals surface area contributed by atoms with E-state index in [1.54, 1.807) is 18.2 Å². The number of unbranched alkanes of at least 4 members (excludes halogenated alkanes) is 1. The number of fused-ring (bicyclic) bond motifs is 1. The van der Waals surface area contributed by atoms with Crippen LogP contribution in [-0.2, 0) is 10.0 Å². The smallest absolute Gasteiger partial charge is 0.211 e. The summed E-state index contributed by atoms with van der Waals surface area (Å²) in [5.74, 6) is 1.49. The number of rotatable bonds is 7. The van der Waals surface area contributed by atoms with Gasteiger partial charge in [0.1, 0.15) is 11.6 Å². The summed E-state index contributed by atoms with van der Waals surface area (Å²) < 4.78 is 27.1. The molecule has 1 aromatic heterocycles. The summed E-state index contributed by atoms with van der Waals surface area (Å²) in [4.78, 5) is 11.5. The monoisotopic (exact) mass is 426 g/mol. The maximum Gasteiger partial charge on any atom is 0.211 e. The third-order valence-electron chi connectivity index (χ3n) is 5.27. The first-order valence-electron chi connectivity index (χ1n) is 10.2. The molecular weight excluding hydrogens is 400 g/mol. The van der Waals surface area contributed by atoms with E-state index in [0.717, 1.165) is 28.7 Å². The quantitative estimate of drug-likeness (QED) is 0.602. The molecule has 0 bridgehead atoms. The van der Waals surface area contributed by atoms with Crippen molar-refractivity contribution < 1.29 is 13.5 Å². The first-order valence-corrected chi connectivity index (χ1v) is 11.8. The average Bonchev–Trinajstić information content (AvgIpc) is 2.68. The molecule has 2 N–H and O–H groups in total. The molecule has 1 fully saturated rings. The zero-order chi connectivity index (χ0) is 21.3. The number of para-hydroxylation sites is 1. The largest absolute Gasteiger partial charge is 0.507 e. The summed E-state index contributed by atoms with van der Waals surface area (Å²) in [6, 6.07) is 12.9. The molecule has 0 amide bonds. The number of aromatic hydroxyl groups is 1. The number of benzene rings is 2. The fourth-order valence-electron chi connectivity index (χ4n) is 3.62. The zero-order valence-corrected chi connectivity index (χ0v) is 18.0. The number of hydrogen-bond donors (Lipinski definition) is 2. The van der Waals surface area contributed by atoms with Gasteiger partial charge in [0.05, 0.1) is 22.9 Å². The van der Waals surface area contributed by atoms with Gasteiger partial charge in [0.2, 0.25) is 10.0 Å². The minimum Gasteiger partial charge on any atom is -0.507 e. The molecule has 2 aromatic carbocycles. The van der Waals surface area contributed by atoms with Crippen molar-refractivity contribution in [3.63, 3.8) is 0 Å². The molecule has 0 saturated carbocycles. The highest BCUT2D eigenvalue weighted by molar-refractivity contribution is 7.89. The van der Waals surface area contributed by atoms with Gasteiger partial charge in [0, 0.05) is 18.5 Å². The lowest BCUT2D eigenvalue weighted by Crippen LogP contribution is -2.60. The van der Waals surface area contributed by atoms with Gasteiger partial charge in [0.15, 0.2) is 5.82 Å². The molecule has 0 unspecified atom stereocenters. The molecule has 30 heavy (non-hydrogen) atoms. The number of phenols is 1. The highest BCUT2D eigenvalue weighted by atomic mass is 32.2. The van der Waals surface area contributed by atoms with Crippen LogP contribution >= 0.6 is 0 Å². The molecule has 4 rings (SSSR count). The molecule has 1 saturated heterocycles. The predicted octanol–water partition coefficient (Wildman–Crippen LogP) is 3.22. The summed E-state index contributed by atoms with van der Waals surface area (Å²) in [6.07, 6.45) is 1.50. The minimum atomic E-state index is -3.26. The van der Waals surface area contributed by atoms with Gasteiger partial charge in [-0.3, -0.25) is 0 Å². The van der Waals surface area contributed by atoms with Crippen LogP contribution in [0.3, 0.4) is 0 Å². The Kier molecular flexibility index (Phi) is 5.62. The second kappa shape index (κ2) is 8.20. The van der Waals surface area contributed by atoms with Gasteiger partial charge >= 0.3 is 0 Å². The Morgan fingerprint density at radius 2 is 1.93 bits per heavy atom. The van der Waals surface area contributed by atoms with E-state index in [9.17, 15) is 13.5 Å². The molecule has 0 spiro atoms. The van der Waals surface area contributed by atoms with Crippen molar-refractivity contribution in [2.45, 2.75) is 32.7 Å². The topological polar surface area (TPSA) is 95.4 Å². The Morgan fingerprint density at radius 3 is 2.67 bits per heavy atom. The first-order chi connectivity index (χ1) is 14.4. The van der Waals surface area contributed by atoms with Crippen molar-refractivity contribution >= 4 is 26.7 Å². The van der Waals surface area contributed by atoms with Gasteiger partial charge < -0.3 is 10.0 Å². The van der Waals surface area contributed by atoms with Crippen molar-refractivity contribution in [2.24, 2.45) is 0 Å². The summed E-state index contributed by atoms with van der Waals surface area (Å²) in [7, 11) is -3.26. The fourth-order valence-corrected chi connectivity index (χ4v) is 5.06. The van der Waals surface area contributed by atoms with Gasteiger partial charge in [-0.15, -0.1) is 0 Å². The lowest BCUT2D eigenvalue weighted by molar-refractivity contribution is 0.466. The van der Waals surface area contributed by atoms with Gasteiger partial charge in [-0.05, 0) is 43.2 Å². The Labute approximate surface area is 176 Å².